The molecule has 0 bridgehead atoms. The Morgan fingerprint density at radius 1 is 1.61 bits per heavy atom. The quantitative estimate of drug-likeness (QED) is 0.611. The molecule has 2 heterocycles. The molecule has 18 heavy (non-hydrogen) atoms. The third-order valence-electron chi connectivity index (χ3n) is 2.93. The molecule has 6 nitrogen and oxygen atoms in total. The summed E-state index contributed by atoms with van der Waals surface area (Å²) < 4.78 is 1.83. The molecule has 1 aliphatic rings. The summed E-state index contributed by atoms with van der Waals surface area (Å²) in [5.74, 6) is -0.381. The van der Waals surface area contributed by atoms with E-state index in [9.17, 15) is 4.79 Å². The van der Waals surface area contributed by atoms with Crippen LogP contribution in [0.15, 0.2) is 4.99 Å². The van der Waals surface area contributed by atoms with Gasteiger partial charge in [0, 0.05) is 26.3 Å². The van der Waals surface area contributed by atoms with E-state index in [1.54, 1.807) is 19.0 Å². The lowest BCUT2D eigenvalue weighted by atomic mass is 10.1. The number of anilines is 1. The maximum absolute atomic E-state index is 12.0. The van der Waals surface area contributed by atoms with Crippen molar-refractivity contribution in [3.63, 3.8) is 0 Å². The fourth-order valence-corrected chi connectivity index (χ4v) is 2.19. The Morgan fingerprint density at radius 2 is 2.33 bits per heavy atom. The van der Waals surface area contributed by atoms with Crippen LogP contribution in [0.4, 0.5) is 5.69 Å². The lowest BCUT2D eigenvalue weighted by molar-refractivity contribution is 0.100. The van der Waals surface area contributed by atoms with E-state index in [1.807, 2.05) is 4.57 Å². The number of aliphatic imine (C=N–C) groups is 1. The number of nitrogens with two attached hydrogens (primary N) is 1. The summed E-state index contributed by atoms with van der Waals surface area (Å²) in [7, 11) is 3.57. The van der Waals surface area contributed by atoms with Crippen LogP contribution in [0.1, 0.15) is 28.2 Å². The van der Waals surface area contributed by atoms with Gasteiger partial charge in [-0.3, -0.25) is 4.79 Å². The van der Waals surface area contributed by atoms with Crippen LogP contribution in [-0.4, -0.2) is 35.8 Å². The van der Waals surface area contributed by atoms with E-state index < -0.39 is 0 Å². The average molecular weight is 245 g/mol. The van der Waals surface area contributed by atoms with Crippen LogP contribution < -0.4 is 5.73 Å². The fraction of sp³-hybridized carbons (Fsp3) is 0.417. The molecule has 2 rings (SSSR count). The summed E-state index contributed by atoms with van der Waals surface area (Å²) in [6.07, 6.45) is 3.14. The molecule has 0 unspecified atom stereocenters. The Balaban J connectivity index is 2.46. The Hall–Kier alpha value is -2.29. The van der Waals surface area contributed by atoms with Crippen LogP contribution in [0.2, 0.25) is 0 Å². The summed E-state index contributed by atoms with van der Waals surface area (Å²) in [4.78, 5) is 17.5. The second-order valence-electron chi connectivity index (χ2n) is 4.46. The highest BCUT2D eigenvalue weighted by Crippen LogP contribution is 2.31. The van der Waals surface area contributed by atoms with Gasteiger partial charge in [0.2, 0.25) is 0 Å². The molecule has 1 aromatic heterocycles. The number of carbonyl (C=O) groups is 1. The van der Waals surface area contributed by atoms with Crippen molar-refractivity contribution >= 4 is 17.9 Å². The number of hydrogen-bond donors (Lipinski definition) is 1. The number of aromatic nitrogens is 1. The molecule has 2 N–H and O–H groups in total. The number of amides is 1. The van der Waals surface area contributed by atoms with E-state index in [0.29, 0.717) is 11.3 Å². The number of nitriles is 1. The van der Waals surface area contributed by atoms with E-state index in [1.165, 1.54) is 6.34 Å². The summed E-state index contributed by atoms with van der Waals surface area (Å²) in [5.41, 5.74) is 7.75. The Bertz CT molecular complexity index is 562. The van der Waals surface area contributed by atoms with Gasteiger partial charge in [0.05, 0.1) is 17.6 Å². The van der Waals surface area contributed by atoms with E-state index in [-0.39, 0.29) is 11.6 Å². The lowest BCUT2D eigenvalue weighted by Crippen LogP contribution is -2.11. The number of fused-ring (bicyclic) bond motifs is 1. The maximum Gasteiger partial charge on any atom is 0.282 e. The number of rotatable bonds is 2. The zero-order chi connectivity index (χ0) is 13.3. The predicted octanol–water partition coefficient (Wildman–Crippen LogP) is 0.618. The zero-order valence-corrected chi connectivity index (χ0v) is 10.5. The molecule has 0 fully saturated rings. The highest BCUT2D eigenvalue weighted by Gasteiger charge is 2.27. The van der Waals surface area contributed by atoms with Crippen molar-refractivity contribution in [2.75, 3.05) is 19.8 Å². The van der Waals surface area contributed by atoms with E-state index in [4.69, 9.17) is 11.0 Å². The first kappa shape index (κ1) is 12.2. The molecule has 1 amide bonds. The number of hydrogen-bond acceptors (Lipinski definition) is 3. The monoisotopic (exact) mass is 245 g/mol. The van der Waals surface area contributed by atoms with Crippen LogP contribution in [0.3, 0.4) is 0 Å². The van der Waals surface area contributed by atoms with Crippen LogP contribution in [0.25, 0.3) is 0 Å². The van der Waals surface area contributed by atoms with Gasteiger partial charge in [-0.2, -0.15) is 10.3 Å². The molecular formula is C12H15N5O. The van der Waals surface area contributed by atoms with Gasteiger partial charge >= 0.3 is 0 Å². The average Bonchev–Trinajstić information content (AvgIpc) is 2.85. The summed E-state index contributed by atoms with van der Waals surface area (Å²) in [6, 6.07) is 2.06. The minimum absolute atomic E-state index is 0.258. The molecule has 0 saturated carbocycles. The van der Waals surface area contributed by atoms with E-state index >= 15 is 0 Å². The molecule has 0 atom stereocenters. The predicted molar refractivity (Wildman–Crippen MR) is 68.4 cm³/mol. The van der Waals surface area contributed by atoms with Crippen molar-refractivity contribution in [1.29, 1.82) is 5.26 Å². The van der Waals surface area contributed by atoms with Crippen molar-refractivity contribution in [2.24, 2.45) is 4.99 Å². The number of carbonyl (C=O) groups excluding carboxylic acids is 1. The van der Waals surface area contributed by atoms with Crippen molar-refractivity contribution < 1.29 is 4.79 Å². The molecule has 0 aliphatic carbocycles. The van der Waals surface area contributed by atoms with Crippen molar-refractivity contribution in [2.45, 2.75) is 19.4 Å². The van der Waals surface area contributed by atoms with Crippen molar-refractivity contribution in [1.82, 2.24) is 9.47 Å². The second kappa shape index (κ2) is 4.53. The van der Waals surface area contributed by atoms with Gasteiger partial charge in [0.15, 0.2) is 0 Å². The first-order chi connectivity index (χ1) is 8.56. The SMILES string of the molecule is CN(C)C=NC(=O)c1c(N)c(C#N)n2c1CCC2. The lowest BCUT2D eigenvalue weighted by Gasteiger charge is -2.02. The third-order valence-corrected chi connectivity index (χ3v) is 2.93. The molecule has 0 radical (unpaired) electrons. The Morgan fingerprint density at radius 3 is 2.94 bits per heavy atom. The topological polar surface area (TPSA) is 87.4 Å². The van der Waals surface area contributed by atoms with Gasteiger partial charge in [-0.25, -0.2) is 0 Å². The Labute approximate surface area is 105 Å². The highest BCUT2D eigenvalue weighted by atomic mass is 16.1. The maximum atomic E-state index is 12.0. The van der Waals surface area contributed by atoms with Gasteiger partial charge < -0.3 is 15.2 Å². The summed E-state index contributed by atoms with van der Waals surface area (Å²) in [5, 5.41) is 9.09. The van der Waals surface area contributed by atoms with E-state index in [2.05, 4.69) is 11.1 Å². The standard InChI is InChI=1S/C12H15N5O/c1-16(2)7-15-12(18)10-8-4-3-5-17(8)9(6-13)11(10)14/h7H,3-5,14H2,1-2H3. The van der Waals surface area contributed by atoms with Crippen molar-refractivity contribution in [3.05, 3.63) is 17.0 Å². The molecule has 0 saturated heterocycles. The molecule has 1 aromatic rings. The highest BCUT2D eigenvalue weighted by molar-refractivity contribution is 6.05. The summed E-state index contributed by atoms with van der Waals surface area (Å²) in [6.45, 7) is 0.743. The summed E-state index contributed by atoms with van der Waals surface area (Å²) >= 11 is 0. The van der Waals surface area contributed by atoms with Gasteiger partial charge in [-0.1, -0.05) is 0 Å². The largest absolute Gasteiger partial charge is 0.396 e. The molecule has 0 spiro atoms. The molecule has 1 aliphatic heterocycles. The van der Waals surface area contributed by atoms with Gasteiger partial charge in [-0.15, -0.1) is 0 Å². The second-order valence-corrected chi connectivity index (χ2v) is 4.46. The molecule has 0 aromatic carbocycles. The van der Waals surface area contributed by atoms with Crippen LogP contribution in [-0.2, 0) is 13.0 Å². The third kappa shape index (κ3) is 1.84. The number of nitrogen functional groups attached to an aromatic ring is 1. The van der Waals surface area contributed by atoms with Crippen molar-refractivity contribution in [3.8, 4) is 6.07 Å². The molecule has 6 heteroatoms. The minimum atomic E-state index is -0.381. The van der Waals surface area contributed by atoms with E-state index in [0.717, 1.165) is 25.1 Å². The van der Waals surface area contributed by atoms with Crippen LogP contribution in [0, 0.1) is 11.3 Å². The minimum Gasteiger partial charge on any atom is -0.396 e. The first-order valence-electron chi connectivity index (χ1n) is 5.72. The zero-order valence-electron chi connectivity index (χ0n) is 10.5. The first-order valence-corrected chi connectivity index (χ1v) is 5.72. The smallest absolute Gasteiger partial charge is 0.282 e. The number of nitrogens with zero attached hydrogens (tertiary/aromatic N) is 4. The molecule has 94 valence electrons. The normalized spacial score (nSPS) is 13.6. The van der Waals surface area contributed by atoms with Crippen LogP contribution in [0.5, 0.6) is 0 Å². The fourth-order valence-electron chi connectivity index (χ4n) is 2.19. The molecular weight excluding hydrogens is 230 g/mol. The van der Waals surface area contributed by atoms with Gasteiger partial charge in [0.1, 0.15) is 11.8 Å². The van der Waals surface area contributed by atoms with Gasteiger partial charge in [-0.05, 0) is 12.8 Å². The van der Waals surface area contributed by atoms with Gasteiger partial charge in [0.25, 0.3) is 5.91 Å². The van der Waals surface area contributed by atoms with Crippen LogP contribution >= 0.6 is 0 Å². The Kier molecular flexibility index (Phi) is 3.06.